The molecule has 2 aromatic heterocycles. The summed E-state index contributed by atoms with van der Waals surface area (Å²) in [5.74, 6) is 1.60. The average Bonchev–Trinajstić information content (AvgIpc) is 3.10. The summed E-state index contributed by atoms with van der Waals surface area (Å²) in [6.07, 6.45) is 1.08. The van der Waals surface area contributed by atoms with Crippen LogP contribution in [0.15, 0.2) is 42.5 Å². The third-order valence-corrected chi connectivity index (χ3v) is 4.36. The molecule has 25 heavy (non-hydrogen) atoms. The maximum absolute atomic E-state index is 5.37. The highest BCUT2D eigenvalue weighted by Crippen LogP contribution is 2.17. The lowest BCUT2D eigenvalue weighted by Gasteiger charge is -2.26. The lowest BCUT2D eigenvalue weighted by Crippen LogP contribution is -2.37. The van der Waals surface area contributed by atoms with E-state index in [1.54, 1.807) is 4.52 Å². The molecule has 7 heteroatoms. The molecule has 0 aliphatic carbocycles. The summed E-state index contributed by atoms with van der Waals surface area (Å²) in [4.78, 5) is 2.44. The standard InChI is InChI=1S/C18H22N6O/c1-2-5-15(6-3-1)18-21-20-17-8-7-16(22-24(17)18)19-9-4-10-23-11-13-25-14-12-23/h1-3,5-8H,4,9-14H2,(H,19,22). The molecule has 1 aliphatic rings. The maximum Gasteiger partial charge on any atom is 0.185 e. The third kappa shape index (κ3) is 3.78. The van der Waals surface area contributed by atoms with Crippen LogP contribution in [0.3, 0.4) is 0 Å². The van der Waals surface area contributed by atoms with Gasteiger partial charge in [0.15, 0.2) is 11.5 Å². The SMILES string of the molecule is c1ccc(-c2nnc3ccc(NCCCN4CCOCC4)nn23)cc1. The molecule has 1 N–H and O–H groups in total. The van der Waals surface area contributed by atoms with Gasteiger partial charge in [0, 0.05) is 25.2 Å². The van der Waals surface area contributed by atoms with E-state index >= 15 is 0 Å². The Morgan fingerprint density at radius 1 is 1.00 bits per heavy atom. The lowest BCUT2D eigenvalue weighted by molar-refractivity contribution is 0.0378. The van der Waals surface area contributed by atoms with Crippen molar-refractivity contribution in [2.24, 2.45) is 0 Å². The Bertz CT molecular complexity index is 813. The van der Waals surface area contributed by atoms with Crippen molar-refractivity contribution in [2.75, 3.05) is 44.7 Å². The second-order valence-corrected chi connectivity index (χ2v) is 6.11. The number of benzene rings is 1. The molecular formula is C18H22N6O. The van der Waals surface area contributed by atoms with E-state index in [-0.39, 0.29) is 0 Å². The zero-order valence-corrected chi connectivity index (χ0v) is 14.1. The smallest absolute Gasteiger partial charge is 0.185 e. The monoisotopic (exact) mass is 338 g/mol. The van der Waals surface area contributed by atoms with E-state index < -0.39 is 0 Å². The number of morpholine rings is 1. The van der Waals surface area contributed by atoms with Crippen LogP contribution in [0.5, 0.6) is 0 Å². The zero-order chi connectivity index (χ0) is 16.9. The molecule has 1 saturated heterocycles. The highest BCUT2D eigenvalue weighted by atomic mass is 16.5. The molecule has 3 aromatic rings. The van der Waals surface area contributed by atoms with Crippen molar-refractivity contribution in [1.29, 1.82) is 0 Å². The second-order valence-electron chi connectivity index (χ2n) is 6.11. The fraction of sp³-hybridized carbons (Fsp3) is 0.389. The molecule has 0 bridgehead atoms. The Morgan fingerprint density at radius 2 is 1.84 bits per heavy atom. The van der Waals surface area contributed by atoms with Crippen LogP contribution >= 0.6 is 0 Å². The van der Waals surface area contributed by atoms with Crippen LogP contribution < -0.4 is 5.32 Å². The first-order chi connectivity index (χ1) is 12.4. The maximum atomic E-state index is 5.37. The number of anilines is 1. The molecule has 0 radical (unpaired) electrons. The minimum absolute atomic E-state index is 0.748. The number of nitrogens with one attached hydrogen (secondary N) is 1. The van der Waals surface area contributed by atoms with Gasteiger partial charge in [-0.25, -0.2) is 0 Å². The molecule has 4 rings (SSSR count). The van der Waals surface area contributed by atoms with Gasteiger partial charge in [-0.3, -0.25) is 4.90 Å². The Morgan fingerprint density at radius 3 is 2.68 bits per heavy atom. The van der Waals surface area contributed by atoms with Gasteiger partial charge in [0.1, 0.15) is 5.82 Å². The average molecular weight is 338 g/mol. The quantitative estimate of drug-likeness (QED) is 0.693. The number of aromatic nitrogens is 4. The van der Waals surface area contributed by atoms with E-state index in [0.29, 0.717) is 0 Å². The Labute approximate surface area is 146 Å². The number of hydrogen-bond donors (Lipinski definition) is 1. The minimum Gasteiger partial charge on any atom is -0.379 e. The molecule has 0 atom stereocenters. The number of fused-ring (bicyclic) bond motifs is 1. The van der Waals surface area contributed by atoms with Gasteiger partial charge in [-0.15, -0.1) is 15.3 Å². The number of hydrogen-bond acceptors (Lipinski definition) is 6. The first-order valence-electron chi connectivity index (χ1n) is 8.72. The highest BCUT2D eigenvalue weighted by Gasteiger charge is 2.11. The van der Waals surface area contributed by atoms with Gasteiger partial charge in [0.2, 0.25) is 0 Å². The molecule has 0 saturated carbocycles. The molecule has 0 unspecified atom stereocenters. The number of rotatable bonds is 6. The van der Waals surface area contributed by atoms with Crippen molar-refractivity contribution >= 4 is 11.5 Å². The minimum atomic E-state index is 0.748. The largest absolute Gasteiger partial charge is 0.379 e. The van der Waals surface area contributed by atoms with E-state index in [2.05, 4.69) is 25.5 Å². The summed E-state index contributed by atoms with van der Waals surface area (Å²) in [5, 5.41) is 16.5. The summed E-state index contributed by atoms with van der Waals surface area (Å²) in [5.41, 5.74) is 1.75. The van der Waals surface area contributed by atoms with Gasteiger partial charge in [0.05, 0.1) is 13.2 Å². The summed E-state index contributed by atoms with van der Waals surface area (Å²) >= 11 is 0. The molecule has 0 spiro atoms. The normalized spacial score (nSPS) is 15.5. The van der Waals surface area contributed by atoms with Crippen LogP contribution in [-0.4, -0.2) is 64.1 Å². The molecule has 3 heterocycles. The van der Waals surface area contributed by atoms with Crippen LogP contribution in [0, 0.1) is 0 Å². The molecule has 0 amide bonds. The van der Waals surface area contributed by atoms with E-state index in [4.69, 9.17) is 4.74 Å². The summed E-state index contributed by atoms with van der Waals surface area (Å²) in [6.45, 7) is 5.74. The van der Waals surface area contributed by atoms with E-state index in [1.807, 2.05) is 42.5 Å². The van der Waals surface area contributed by atoms with Crippen LogP contribution in [0.1, 0.15) is 6.42 Å². The fourth-order valence-electron chi connectivity index (χ4n) is 2.99. The summed E-state index contributed by atoms with van der Waals surface area (Å²) < 4.78 is 7.17. The second kappa shape index (κ2) is 7.58. The Hall–Kier alpha value is -2.51. The third-order valence-electron chi connectivity index (χ3n) is 4.36. The van der Waals surface area contributed by atoms with E-state index in [1.165, 1.54) is 0 Å². The molecule has 1 aliphatic heterocycles. The fourth-order valence-corrected chi connectivity index (χ4v) is 2.99. The first kappa shape index (κ1) is 16.0. The van der Waals surface area contributed by atoms with Crippen molar-refractivity contribution in [1.82, 2.24) is 24.7 Å². The first-order valence-corrected chi connectivity index (χ1v) is 8.72. The van der Waals surface area contributed by atoms with Crippen LogP contribution in [0.25, 0.3) is 17.0 Å². The van der Waals surface area contributed by atoms with Gasteiger partial charge in [-0.05, 0) is 25.1 Å². The van der Waals surface area contributed by atoms with Gasteiger partial charge in [0.25, 0.3) is 0 Å². The van der Waals surface area contributed by atoms with Crippen molar-refractivity contribution in [3.8, 4) is 11.4 Å². The predicted molar refractivity (Wildman–Crippen MR) is 96.6 cm³/mol. The van der Waals surface area contributed by atoms with E-state index in [9.17, 15) is 0 Å². The van der Waals surface area contributed by atoms with Crippen LogP contribution in [0.2, 0.25) is 0 Å². The van der Waals surface area contributed by atoms with Gasteiger partial charge < -0.3 is 10.1 Å². The van der Waals surface area contributed by atoms with Gasteiger partial charge in [-0.1, -0.05) is 30.3 Å². The van der Waals surface area contributed by atoms with Crippen LogP contribution in [0.4, 0.5) is 5.82 Å². The van der Waals surface area contributed by atoms with Gasteiger partial charge >= 0.3 is 0 Å². The predicted octanol–water partition coefficient (Wildman–Crippen LogP) is 1.93. The molecular weight excluding hydrogens is 316 g/mol. The summed E-state index contributed by atoms with van der Waals surface area (Å²) in [6, 6.07) is 13.9. The molecule has 1 fully saturated rings. The molecule has 7 nitrogen and oxygen atoms in total. The van der Waals surface area contributed by atoms with Gasteiger partial charge in [-0.2, -0.15) is 4.52 Å². The molecule has 130 valence electrons. The Kier molecular flexibility index (Phi) is 4.85. The highest BCUT2D eigenvalue weighted by molar-refractivity contribution is 5.59. The van der Waals surface area contributed by atoms with Crippen molar-refractivity contribution < 1.29 is 4.74 Å². The number of nitrogens with zero attached hydrogens (tertiary/aromatic N) is 5. The lowest BCUT2D eigenvalue weighted by atomic mass is 10.2. The van der Waals surface area contributed by atoms with Crippen molar-refractivity contribution in [3.05, 3.63) is 42.5 Å². The topological polar surface area (TPSA) is 67.6 Å². The van der Waals surface area contributed by atoms with Crippen molar-refractivity contribution in [3.63, 3.8) is 0 Å². The van der Waals surface area contributed by atoms with Crippen molar-refractivity contribution in [2.45, 2.75) is 6.42 Å². The number of ether oxygens (including phenoxy) is 1. The zero-order valence-electron chi connectivity index (χ0n) is 14.1. The van der Waals surface area contributed by atoms with Crippen LogP contribution in [-0.2, 0) is 4.74 Å². The summed E-state index contributed by atoms with van der Waals surface area (Å²) in [7, 11) is 0. The Balaban J connectivity index is 1.40. The van der Waals surface area contributed by atoms with E-state index in [0.717, 1.165) is 68.7 Å². The molecule has 1 aromatic carbocycles.